The van der Waals surface area contributed by atoms with Crippen LogP contribution in [0.4, 0.5) is 5.69 Å². The van der Waals surface area contributed by atoms with Crippen LogP contribution in [-0.2, 0) is 0 Å². The predicted molar refractivity (Wildman–Crippen MR) is 106 cm³/mol. The molecule has 0 saturated heterocycles. The van der Waals surface area contributed by atoms with Crippen LogP contribution < -0.4 is 0 Å². The molecule has 0 aliphatic carbocycles. The second-order valence-electron chi connectivity index (χ2n) is 6.36. The van der Waals surface area contributed by atoms with E-state index in [0.717, 1.165) is 0 Å². The molecule has 140 valence electrons. The molecule has 5 rings (SSSR count). The number of hydrogen-bond donors (Lipinski definition) is 0. The van der Waals surface area contributed by atoms with Crippen LogP contribution in [-0.4, -0.2) is 25.4 Å². The summed E-state index contributed by atoms with van der Waals surface area (Å²) in [7, 11) is 0. The zero-order valence-electron chi connectivity index (χ0n) is 14.9. The highest BCUT2D eigenvalue weighted by molar-refractivity contribution is 6.04. The molecule has 3 aromatic carbocycles. The first-order valence-electron chi connectivity index (χ1n) is 8.74. The van der Waals surface area contributed by atoms with Gasteiger partial charge in [0.2, 0.25) is 5.82 Å². The molecule has 0 aliphatic rings. The SMILES string of the molecule is O=C(c1ccc([N+](=O)[O-])cc1)n1c(-c2nc3ccccc3o2)nc2ccccc21. The maximum absolute atomic E-state index is 13.3. The van der Waals surface area contributed by atoms with Gasteiger partial charge >= 0.3 is 0 Å². The Kier molecular flexibility index (Phi) is 3.70. The second-order valence-corrected chi connectivity index (χ2v) is 6.36. The zero-order valence-corrected chi connectivity index (χ0v) is 14.9. The van der Waals surface area contributed by atoms with Crippen molar-refractivity contribution in [1.82, 2.24) is 14.5 Å². The highest BCUT2D eigenvalue weighted by Crippen LogP contribution is 2.28. The number of carbonyl (C=O) groups is 1. The number of non-ortho nitro benzene ring substituents is 1. The lowest BCUT2D eigenvalue weighted by atomic mass is 10.2. The largest absolute Gasteiger partial charge is 0.434 e. The van der Waals surface area contributed by atoms with E-state index in [-0.39, 0.29) is 28.9 Å². The van der Waals surface area contributed by atoms with Crippen molar-refractivity contribution in [3.8, 4) is 11.7 Å². The van der Waals surface area contributed by atoms with Crippen molar-refractivity contribution in [2.45, 2.75) is 0 Å². The smallest absolute Gasteiger partial charge is 0.269 e. The van der Waals surface area contributed by atoms with Gasteiger partial charge in [0.05, 0.1) is 16.0 Å². The summed E-state index contributed by atoms with van der Waals surface area (Å²) in [6, 6.07) is 19.9. The molecule has 0 saturated carbocycles. The van der Waals surface area contributed by atoms with Gasteiger partial charge in [0.1, 0.15) is 5.52 Å². The van der Waals surface area contributed by atoms with Crippen LogP contribution in [0.3, 0.4) is 0 Å². The molecule has 0 unspecified atom stereocenters. The lowest BCUT2D eigenvalue weighted by Crippen LogP contribution is -2.13. The molecule has 0 radical (unpaired) electrons. The number of fused-ring (bicyclic) bond motifs is 2. The average Bonchev–Trinajstić information content (AvgIpc) is 3.34. The summed E-state index contributed by atoms with van der Waals surface area (Å²) in [5.74, 6) is 0.106. The van der Waals surface area contributed by atoms with Crippen molar-refractivity contribution < 1.29 is 14.1 Å². The lowest BCUT2D eigenvalue weighted by Gasteiger charge is -2.06. The van der Waals surface area contributed by atoms with Gasteiger partial charge in [-0.1, -0.05) is 24.3 Å². The molecule has 5 aromatic rings. The molecule has 0 spiro atoms. The Balaban J connectivity index is 1.70. The van der Waals surface area contributed by atoms with Crippen LogP contribution in [0, 0.1) is 10.1 Å². The summed E-state index contributed by atoms with van der Waals surface area (Å²) >= 11 is 0. The number of nitro groups is 1. The Bertz CT molecular complexity index is 1370. The quantitative estimate of drug-likeness (QED) is 0.336. The first-order valence-corrected chi connectivity index (χ1v) is 8.74. The minimum atomic E-state index is -0.509. The fourth-order valence-electron chi connectivity index (χ4n) is 3.20. The molecule has 0 atom stereocenters. The Hall–Kier alpha value is -4.33. The van der Waals surface area contributed by atoms with Crippen LogP contribution in [0.1, 0.15) is 10.4 Å². The number of hydrogen-bond acceptors (Lipinski definition) is 6. The first kappa shape index (κ1) is 16.8. The summed E-state index contributed by atoms with van der Waals surface area (Å²) in [5.41, 5.74) is 2.65. The molecule has 0 N–H and O–H groups in total. The van der Waals surface area contributed by atoms with Crippen molar-refractivity contribution >= 4 is 33.7 Å². The normalized spacial score (nSPS) is 11.2. The van der Waals surface area contributed by atoms with E-state index in [4.69, 9.17) is 4.42 Å². The van der Waals surface area contributed by atoms with Gasteiger partial charge in [0.15, 0.2) is 5.58 Å². The van der Waals surface area contributed by atoms with Crippen molar-refractivity contribution in [3.63, 3.8) is 0 Å². The van der Waals surface area contributed by atoms with Crippen molar-refractivity contribution in [1.29, 1.82) is 0 Å². The first-order chi connectivity index (χ1) is 14.1. The van der Waals surface area contributed by atoms with E-state index in [1.54, 1.807) is 24.3 Å². The Labute approximate surface area is 163 Å². The van der Waals surface area contributed by atoms with Crippen LogP contribution in [0.25, 0.3) is 33.8 Å². The maximum Gasteiger partial charge on any atom is 0.269 e. The topological polar surface area (TPSA) is 104 Å². The standard InChI is InChI=1S/C21H12N4O4/c26-21(13-9-11-14(12-10-13)25(27)28)24-17-7-3-1-5-15(17)22-19(24)20-23-16-6-2-4-8-18(16)29-20/h1-12H. The number of imidazole rings is 1. The van der Waals surface area contributed by atoms with Crippen molar-refractivity contribution in [2.75, 3.05) is 0 Å². The molecule has 2 aromatic heterocycles. The number of nitro benzene ring substituents is 1. The Morgan fingerprint density at radius 3 is 2.31 bits per heavy atom. The Morgan fingerprint density at radius 1 is 0.897 bits per heavy atom. The number of nitrogens with zero attached hydrogens (tertiary/aromatic N) is 4. The van der Waals surface area contributed by atoms with Gasteiger partial charge in [-0.25, -0.2) is 9.97 Å². The van der Waals surface area contributed by atoms with Crippen LogP contribution in [0.5, 0.6) is 0 Å². The zero-order chi connectivity index (χ0) is 20.0. The van der Waals surface area contributed by atoms with E-state index in [1.165, 1.54) is 28.8 Å². The van der Waals surface area contributed by atoms with Crippen LogP contribution in [0.2, 0.25) is 0 Å². The monoisotopic (exact) mass is 384 g/mol. The average molecular weight is 384 g/mol. The third kappa shape index (κ3) is 2.74. The third-order valence-electron chi connectivity index (χ3n) is 4.57. The van der Waals surface area contributed by atoms with Crippen LogP contribution >= 0.6 is 0 Å². The Morgan fingerprint density at radius 2 is 1.59 bits per heavy atom. The minimum absolute atomic E-state index is 0.0868. The number of aromatic nitrogens is 3. The number of rotatable bonds is 3. The number of benzene rings is 3. The summed E-state index contributed by atoms with van der Waals surface area (Å²) in [6.07, 6.45) is 0. The van der Waals surface area contributed by atoms with Crippen LogP contribution in [0.15, 0.2) is 77.2 Å². The molecule has 2 heterocycles. The lowest BCUT2D eigenvalue weighted by molar-refractivity contribution is -0.384. The predicted octanol–water partition coefficient (Wildman–Crippen LogP) is 4.44. The molecule has 8 heteroatoms. The fraction of sp³-hybridized carbons (Fsp3) is 0. The minimum Gasteiger partial charge on any atom is -0.434 e. The number of oxazole rings is 1. The van der Waals surface area contributed by atoms with Gasteiger partial charge in [-0.3, -0.25) is 19.5 Å². The van der Waals surface area contributed by atoms with Crippen molar-refractivity contribution in [2.24, 2.45) is 0 Å². The van der Waals surface area contributed by atoms with E-state index in [2.05, 4.69) is 9.97 Å². The third-order valence-corrected chi connectivity index (χ3v) is 4.57. The second kappa shape index (κ2) is 6.38. The van der Waals surface area contributed by atoms with E-state index in [0.29, 0.717) is 22.1 Å². The van der Waals surface area contributed by atoms with Gasteiger partial charge in [0.25, 0.3) is 17.5 Å². The van der Waals surface area contributed by atoms with Crippen molar-refractivity contribution in [3.05, 3.63) is 88.5 Å². The molecule has 8 nitrogen and oxygen atoms in total. The summed E-state index contributed by atoms with van der Waals surface area (Å²) in [5, 5.41) is 10.9. The van der Waals surface area contributed by atoms with Gasteiger partial charge < -0.3 is 4.42 Å². The number of carbonyl (C=O) groups excluding carboxylic acids is 1. The highest BCUT2D eigenvalue weighted by atomic mass is 16.6. The van der Waals surface area contributed by atoms with Gasteiger partial charge in [-0.2, -0.15) is 0 Å². The van der Waals surface area contributed by atoms with E-state index >= 15 is 0 Å². The van der Waals surface area contributed by atoms with E-state index in [1.807, 2.05) is 24.3 Å². The maximum atomic E-state index is 13.3. The molecule has 0 amide bonds. The summed E-state index contributed by atoms with van der Waals surface area (Å²) in [4.78, 5) is 32.7. The van der Waals surface area contributed by atoms with E-state index < -0.39 is 4.92 Å². The van der Waals surface area contributed by atoms with Gasteiger partial charge in [-0.15, -0.1) is 0 Å². The molecule has 29 heavy (non-hydrogen) atoms. The summed E-state index contributed by atoms with van der Waals surface area (Å²) < 4.78 is 7.24. The molecule has 0 aliphatic heterocycles. The summed E-state index contributed by atoms with van der Waals surface area (Å²) in [6.45, 7) is 0. The fourth-order valence-corrected chi connectivity index (χ4v) is 3.20. The molecule has 0 fully saturated rings. The van der Waals surface area contributed by atoms with Gasteiger partial charge in [-0.05, 0) is 36.4 Å². The number of para-hydroxylation sites is 4. The molecular formula is C21H12N4O4. The highest BCUT2D eigenvalue weighted by Gasteiger charge is 2.23. The molecule has 0 bridgehead atoms. The van der Waals surface area contributed by atoms with Gasteiger partial charge in [0, 0.05) is 17.7 Å². The molecular weight excluding hydrogens is 372 g/mol. The van der Waals surface area contributed by atoms with E-state index in [9.17, 15) is 14.9 Å².